The van der Waals surface area contributed by atoms with E-state index in [2.05, 4.69) is 35.8 Å². The molecule has 1 N–H and O–H groups in total. The third kappa shape index (κ3) is 4.50. The first kappa shape index (κ1) is 13.1. The second kappa shape index (κ2) is 7.17. The fraction of sp³-hybridized carbons (Fsp3) is 1.00. The van der Waals surface area contributed by atoms with E-state index in [1.54, 1.807) is 0 Å². The van der Waals surface area contributed by atoms with Gasteiger partial charge in [-0.15, -0.1) is 0 Å². The average molecular weight is 259 g/mol. The molecule has 0 spiro atoms. The molecule has 0 aromatic carbocycles. The lowest BCUT2D eigenvalue weighted by molar-refractivity contribution is 0.451. The molecule has 0 bridgehead atoms. The highest BCUT2D eigenvalue weighted by atomic mass is 32.2. The molecule has 0 aromatic rings. The Labute approximate surface area is 109 Å². The van der Waals surface area contributed by atoms with E-state index in [9.17, 15) is 0 Å². The van der Waals surface area contributed by atoms with Crippen LogP contribution in [0, 0.1) is 5.92 Å². The van der Waals surface area contributed by atoms with Gasteiger partial charge < -0.3 is 5.32 Å². The van der Waals surface area contributed by atoms with E-state index in [0.29, 0.717) is 0 Å². The molecular formula is C13H25NS2. The maximum Gasteiger partial charge on any atom is 0.0263 e. The standard InChI is InChI=1S/C13H25NS2/c1-11-3-2-4-12(6-5-11)14-9-13-10-15-7-8-16-13/h11-14H,2-10H2,1H3. The molecule has 0 radical (unpaired) electrons. The molecule has 3 atom stereocenters. The molecule has 1 aliphatic carbocycles. The average Bonchev–Trinajstić information content (AvgIpc) is 2.53. The van der Waals surface area contributed by atoms with Gasteiger partial charge in [-0.2, -0.15) is 23.5 Å². The second-order valence-electron chi connectivity index (χ2n) is 5.29. The Morgan fingerprint density at radius 2 is 2.06 bits per heavy atom. The molecule has 94 valence electrons. The molecule has 2 rings (SSSR count). The first-order valence-electron chi connectivity index (χ1n) is 6.77. The largest absolute Gasteiger partial charge is 0.313 e. The van der Waals surface area contributed by atoms with Crippen molar-refractivity contribution in [2.24, 2.45) is 5.92 Å². The third-order valence-corrected chi connectivity index (χ3v) is 6.62. The van der Waals surface area contributed by atoms with Gasteiger partial charge in [-0.25, -0.2) is 0 Å². The van der Waals surface area contributed by atoms with Crippen molar-refractivity contribution in [1.29, 1.82) is 0 Å². The van der Waals surface area contributed by atoms with E-state index in [1.807, 2.05) is 0 Å². The highest BCUT2D eigenvalue weighted by molar-refractivity contribution is 8.06. The number of hydrogen-bond donors (Lipinski definition) is 1. The van der Waals surface area contributed by atoms with Crippen LogP contribution in [0.5, 0.6) is 0 Å². The van der Waals surface area contributed by atoms with E-state index in [-0.39, 0.29) is 0 Å². The van der Waals surface area contributed by atoms with Crippen molar-refractivity contribution in [2.75, 3.05) is 23.8 Å². The van der Waals surface area contributed by atoms with E-state index >= 15 is 0 Å². The van der Waals surface area contributed by atoms with Crippen molar-refractivity contribution in [1.82, 2.24) is 5.32 Å². The molecule has 2 fully saturated rings. The van der Waals surface area contributed by atoms with Gasteiger partial charge in [-0.05, 0) is 25.2 Å². The van der Waals surface area contributed by atoms with Crippen molar-refractivity contribution in [3.63, 3.8) is 0 Å². The quantitative estimate of drug-likeness (QED) is 0.780. The number of rotatable bonds is 3. The molecule has 1 saturated heterocycles. The van der Waals surface area contributed by atoms with Crippen LogP contribution in [-0.4, -0.2) is 35.1 Å². The van der Waals surface area contributed by atoms with Crippen LogP contribution in [0.15, 0.2) is 0 Å². The van der Waals surface area contributed by atoms with Crippen molar-refractivity contribution >= 4 is 23.5 Å². The first-order chi connectivity index (χ1) is 7.84. The Hall–Kier alpha value is 0.660. The van der Waals surface area contributed by atoms with Crippen LogP contribution < -0.4 is 5.32 Å². The smallest absolute Gasteiger partial charge is 0.0263 e. The van der Waals surface area contributed by atoms with Gasteiger partial charge in [-0.1, -0.05) is 19.8 Å². The highest BCUT2D eigenvalue weighted by Crippen LogP contribution is 2.25. The third-order valence-electron chi connectivity index (χ3n) is 3.78. The molecule has 0 amide bonds. The summed E-state index contributed by atoms with van der Waals surface area (Å²) >= 11 is 4.31. The van der Waals surface area contributed by atoms with Crippen molar-refractivity contribution in [3.05, 3.63) is 0 Å². The maximum atomic E-state index is 3.82. The minimum Gasteiger partial charge on any atom is -0.313 e. The summed E-state index contributed by atoms with van der Waals surface area (Å²) in [5, 5.41) is 4.69. The summed E-state index contributed by atoms with van der Waals surface area (Å²) in [4.78, 5) is 0. The minimum absolute atomic E-state index is 0.817. The SMILES string of the molecule is CC1CCCC(NCC2CSCCS2)CC1. The molecule has 3 unspecified atom stereocenters. The fourth-order valence-electron chi connectivity index (χ4n) is 2.64. The molecular weight excluding hydrogens is 234 g/mol. The zero-order valence-electron chi connectivity index (χ0n) is 10.4. The Morgan fingerprint density at radius 3 is 2.88 bits per heavy atom. The fourth-order valence-corrected chi connectivity index (χ4v) is 5.27. The molecule has 0 aromatic heterocycles. The van der Waals surface area contributed by atoms with Crippen molar-refractivity contribution in [2.45, 2.75) is 50.3 Å². The topological polar surface area (TPSA) is 12.0 Å². The number of hydrogen-bond acceptors (Lipinski definition) is 3. The monoisotopic (exact) mass is 259 g/mol. The van der Waals surface area contributed by atoms with Gasteiger partial charge in [0.05, 0.1) is 0 Å². The summed E-state index contributed by atoms with van der Waals surface area (Å²) in [5.74, 6) is 5.05. The zero-order chi connectivity index (χ0) is 11.2. The Bertz CT molecular complexity index is 192. The number of nitrogens with one attached hydrogen (secondary N) is 1. The summed E-state index contributed by atoms with van der Waals surface area (Å²) in [5.41, 5.74) is 0. The predicted molar refractivity (Wildman–Crippen MR) is 77.6 cm³/mol. The molecule has 1 aliphatic heterocycles. The van der Waals surface area contributed by atoms with Crippen LogP contribution in [-0.2, 0) is 0 Å². The van der Waals surface area contributed by atoms with Crippen LogP contribution in [0.2, 0.25) is 0 Å². The summed E-state index contributed by atoms with van der Waals surface area (Å²) in [6.45, 7) is 3.66. The number of thioether (sulfide) groups is 2. The van der Waals surface area contributed by atoms with Gasteiger partial charge in [-0.3, -0.25) is 0 Å². The normalized spacial score (nSPS) is 36.9. The molecule has 1 nitrogen and oxygen atoms in total. The van der Waals surface area contributed by atoms with Gasteiger partial charge >= 0.3 is 0 Å². The Balaban J connectivity index is 1.64. The van der Waals surface area contributed by atoms with E-state index in [1.165, 1.54) is 55.9 Å². The summed E-state index contributed by atoms with van der Waals surface area (Å²) in [6.07, 6.45) is 7.14. The van der Waals surface area contributed by atoms with Gasteiger partial charge in [0.1, 0.15) is 0 Å². The first-order valence-corrected chi connectivity index (χ1v) is 8.97. The van der Waals surface area contributed by atoms with Crippen LogP contribution in [0.25, 0.3) is 0 Å². The molecule has 2 aliphatic rings. The molecule has 3 heteroatoms. The van der Waals surface area contributed by atoms with Crippen LogP contribution in [0.3, 0.4) is 0 Å². The van der Waals surface area contributed by atoms with Crippen LogP contribution in [0.1, 0.15) is 39.0 Å². The van der Waals surface area contributed by atoms with Gasteiger partial charge in [0, 0.05) is 35.1 Å². The maximum absolute atomic E-state index is 3.82. The van der Waals surface area contributed by atoms with E-state index < -0.39 is 0 Å². The van der Waals surface area contributed by atoms with Crippen molar-refractivity contribution in [3.8, 4) is 0 Å². The van der Waals surface area contributed by atoms with Gasteiger partial charge in [0.2, 0.25) is 0 Å². The van der Waals surface area contributed by atoms with Gasteiger partial charge in [0.15, 0.2) is 0 Å². The lowest BCUT2D eigenvalue weighted by atomic mass is 10.0. The van der Waals surface area contributed by atoms with Gasteiger partial charge in [0.25, 0.3) is 0 Å². The second-order valence-corrected chi connectivity index (χ2v) is 7.84. The Kier molecular flexibility index (Phi) is 5.87. The molecule has 16 heavy (non-hydrogen) atoms. The highest BCUT2D eigenvalue weighted by Gasteiger charge is 2.18. The predicted octanol–water partition coefficient (Wildman–Crippen LogP) is 3.39. The zero-order valence-corrected chi connectivity index (χ0v) is 12.0. The summed E-state index contributed by atoms with van der Waals surface area (Å²) in [6, 6.07) is 0.817. The molecule has 1 heterocycles. The van der Waals surface area contributed by atoms with Crippen molar-refractivity contribution < 1.29 is 0 Å². The van der Waals surface area contributed by atoms with Crippen LogP contribution >= 0.6 is 23.5 Å². The summed E-state index contributed by atoms with van der Waals surface area (Å²) in [7, 11) is 0. The van der Waals surface area contributed by atoms with E-state index in [0.717, 1.165) is 17.2 Å². The Morgan fingerprint density at radius 1 is 1.12 bits per heavy atom. The lowest BCUT2D eigenvalue weighted by Crippen LogP contribution is -2.36. The minimum atomic E-state index is 0.817. The van der Waals surface area contributed by atoms with E-state index in [4.69, 9.17) is 0 Å². The lowest BCUT2D eigenvalue weighted by Gasteiger charge is -2.24. The van der Waals surface area contributed by atoms with Crippen LogP contribution in [0.4, 0.5) is 0 Å². The summed E-state index contributed by atoms with van der Waals surface area (Å²) < 4.78 is 0. The molecule has 1 saturated carbocycles.